The average Bonchev–Trinajstić information content (AvgIpc) is 2.55. The van der Waals surface area contributed by atoms with E-state index in [1.807, 2.05) is 30.3 Å². The van der Waals surface area contributed by atoms with E-state index in [2.05, 4.69) is 17.3 Å². The summed E-state index contributed by atoms with van der Waals surface area (Å²) in [5.41, 5.74) is 1.06. The van der Waals surface area contributed by atoms with Crippen molar-refractivity contribution in [3.8, 4) is 5.69 Å². The Morgan fingerprint density at radius 2 is 1.86 bits per heavy atom. The molecule has 4 nitrogen and oxygen atoms in total. The van der Waals surface area contributed by atoms with Crippen LogP contribution in [0.4, 0.5) is 5.69 Å². The van der Waals surface area contributed by atoms with Crippen LogP contribution in [-0.2, 0) is 0 Å². The summed E-state index contributed by atoms with van der Waals surface area (Å²) in [4.78, 5) is 12.4. The third-order valence-electron chi connectivity index (χ3n) is 4.30. The fraction of sp³-hybridized carbons (Fsp3) is 0.412. The number of para-hydroxylation sites is 1. The van der Waals surface area contributed by atoms with Gasteiger partial charge in [0.1, 0.15) is 5.02 Å². The lowest BCUT2D eigenvalue weighted by atomic mass is 9.87. The van der Waals surface area contributed by atoms with Gasteiger partial charge in [0, 0.05) is 6.04 Å². The van der Waals surface area contributed by atoms with Gasteiger partial charge >= 0.3 is 0 Å². The van der Waals surface area contributed by atoms with Gasteiger partial charge in [0.15, 0.2) is 0 Å². The van der Waals surface area contributed by atoms with E-state index in [0.717, 1.165) is 18.8 Å². The Hall–Kier alpha value is -1.81. The molecule has 5 heteroatoms. The maximum Gasteiger partial charge on any atom is 0.292 e. The predicted octanol–water partition coefficient (Wildman–Crippen LogP) is 3.88. The average molecular weight is 318 g/mol. The lowest BCUT2D eigenvalue weighted by Crippen LogP contribution is -2.28. The Bertz CT molecular complexity index is 691. The van der Waals surface area contributed by atoms with E-state index in [4.69, 9.17) is 11.6 Å². The number of hydrogen-bond acceptors (Lipinski definition) is 3. The largest absolute Gasteiger partial charge is 0.380 e. The van der Waals surface area contributed by atoms with Crippen molar-refractivity contribution in [3.05, 3.63) is 51.9 Å². The van der Waals surface area contributed by atoms with Crippen LogP contribution in [0.2, 0.25) is 5.02 Å². The van der Waals surface area contributed by atoms with E-state index in [-0.39, 0.29) is 10.6 Å². The third-order valence-corrected chi connectivity index (χ3v) is 4.66. The lowest BCUT2D eigenvalue weighted by molar-refractivity contribution is 0.361. The number of aromatic nitrogens is 2. The summed E-state index contributed by atoms with van der Waals surface area (Å²) < 4.78 is 1.33. The number of rotatable bonds is 3. The number of benzene rings is 1. The van der Waals surface area contributed by atoms with Gasteiger partial charge < -0.3 is 5.32 Å². The summed E-state index contributed by atoms with van der Waals surface area (Å²) in [7, 11) is 0. The van der Waals surface area contributed by atoms with Crippen molar-refractivity contribution in [2.45, 2.75) is 38.6 Å². The molecular formula is C17H20ClN3O. The van der Waals surface area contributed by atoms with Gasteiger partial charge in [-0.25, -0.2) is 0 Å². The SMILES string of the molecule is CC1CCC(Nc2cnn(-c3ccccc3)c(=O)c2Cl)CC1. The van der Waals surface area contributed by atoms with Crippen LogP contribution < -0.4 is 10.9 Å². The molecule has 0 radical (unpaired) electrons. The van der Waals surface area contributed by atoms with Crippen LogP contribution in [0.3, 0.4) is 0 Å². The van der Waals surface area contributed by atoms with Crippen molar-refractivity contribution < 1.29 is 0 Å². The van der Waals surface area contributed by atoms with Crippen LogP contribution in [0.1, 0.15) is 32.6 Å². The van der Waals surface area contributed by atoms with Gasteiger partial charge in [0.25, 0.3) is 5.56 Å². The monoisotopic (exact) mass is 317 g/mol. The Kier molecular flexibility index (Phi) is 4.48. The van der Waals surface area contributed by atoms with Crippen molar-refractivity contribution in [1.29, 1.82) is 0 Å². The van der Waals surface area contributed by atoms with Gasteiger partial charge in [-0.3, -0.25) is 4.79 Å². The second-order valence-electron chi connectivity index (χ2n) is 6.03. The molecule has 116 valence electrons. The highest BCUT2D eigenvalue weighted by Gasteiger charge is 2.20. The minimum Gasteiger partial charge on any atom is -0.380 e. The molecule has 1 aliphatic rings. The predicted molar refractivity (Wildman–Crippen MR) is 89.9 cm³/mol. The van der Waals surface area contributed by atoms with Crippen LogP contribution in [-0.4, -0.2) is 15.8 Å². The second kappa shape index (κ2) is 6.53. The first-order chi connectivity index (χ1) is 10.6. The molecule has 2 aromatic rings. The van der Waals surface area contributed by atoms with E-state index < -0.39 is 0 Å². The Morgan fingerprint density at radius 3 is 2.55 bits per heavy atom. The molecule has 0 amide bonds. The molecule has 1 aromatic heterocycles. The zero-order valence-corrected chi connectivity index (χ0v) is 13.4. The highest BCUT2D eigenvalue weighted by molar-refractivity contribution is 6.32. The Labute approximate surface area is 135 Å². The minimum absolute atomic E-state index is 0.206. The highest BCUT2D eigenvalue weighted by Crippen LogP contribution is 2.27. The molecule has 1 heterocycles. The first-order valence-electron chi connectivity index (χ1n) is 7.75. The van der Waals surface area contributed by atoms with Gasteiger partial charge in [-0.1, -0.05) is 36.7 Å². The number of nitrogens with zero attached hydrogens (tertiary/aromatic N) is 2. The molecule has 0 aliphatic heterocycles. The number of anilines is 1. The molecule has 1 N–H and O–H groups in total. The molecule has 0 bridgehead atoms. The highest BCUT2D eigenvalue weighted by atomic mass is 35.5. The molecule has 0 unspecified atom stereocenters. The van der Waals surface area contributed by atoms with Gasteiger partial charge in [-0.15, -0.1) is 0 Å². The van der Waals surface area contributed by atoms with Crippen LogP contribution in [0.5, 0.6) is 0 Å². The number of nitrogens with one attached hydrogen (secondary N) is 1. The van der Waals surface area contributed by atoms with E-state index in [9.17, 15) is 4.79 Å². The molecule has 1 aliphatic carbocycles. The normalized spacial score (nSPS) is 21.5. The van der Waals surface area contributed by atoms with Gasteiger partial charge in [-0.05, 0) is 43.7 Å². The smallest absolute Gasteiger partial charge is 0.292 e. The van der Waals surface area contributed by atoms with Gasteiger partial charge in [0.05, 0.1) is 17.6 Å². The zero-order chi connectivity index (χ0) is 15.5. The summed E-state index contributed by atoms with van der Waals surface area (Å²) in [5.74, 6) is 0.790. The summed E-state index contributed by atoms with van der Waals surface area (Å²) >= 11 is 6.26. The van der Waals surface area contributed by atoms with Gasteiger partial charge in [0.2, 0.25) is 0 Å². The van der Waals surface area contributed by atoms with E-state index in [1.165, 1.54) is 17.5 Å². The Morgan fingerprint density at radius 1 is 1.18 bits per heavy atom. The maximum atomic E-state index is 12.4. The fourth-order valence-electron chi connectivity index (χ4n) is 2.91. The van der Waals surface area contributed by atoms with Crippen molar-refractivity contribution >= 4 is 17.3 Å². The first-order valence-corrected chi connectivity index (χ1v) is 8.12. The van der Waals surface area contributed by atoms with Gasteiger partial charge in [-0.2, -0.15) is 9.78 Å². The van der Waals surface area contributed by atoms with Crippen molar-refractivity contribution in [2.75, 3.05) is 5.32 Å². The second-order valence-corrected chi connectivity index (χ2v) is 6.40. The van der Waals surface area contributed by atoms with E-state index >= 15 is 0 Å². The van der Waals surface area contributed by atoms with Crippen molar-refractivity contribution in [1.82, 2.24) is 9.78 Å². The van der Waals surface area contributed by atoms with E-state index in [0.29, 0.717) is 17.4 Å². The molecule has 0 atom stereocenters. The molecule has 1 saturated carbocycles. The fourth-order valence-corrected chi connectivity index (χ4v) is 3.09. The standard InChI is InChI=1S/C17H20ClN3O/c1-12-7-9-13(10-8-12)20-15-11-19-21(17(22)16(15)18)14-5-3-2-4-6-14/h2-6,11-13,20H,7-10H2,1H3. The first kappa shape index (κ1) is 15.1. The number of halogens is 1. The maximum absolute atomic E-state index is 12.4. The third kappa shape index (κ3) is 3.17. The van der Waals surface area contributed by atoms with Crippen LogP contribution in [0.15, 0.2) is 41.3 Å². The lowest BCUT2D eigenvalue weighted by Gasteiger charge is -2.27. The topological polar surface area (TPSA) is 46.9 Å². The minimum atomic E-state index is -0.290. The molecule has 3 rings (SSSR count). The molecule has 1 aromatic carbocycles. The number of hydrogen-bond donors (Lipinski definition) is 1. The van der Waals surface area contributed by atoms with E-state index in [1.54, 1.807) is 6.20 Å². The van der Waals surface area contributed by atoms with Crippen molar-refractivity contribution in [3.63, 3.8) is 0 Å². The summed E-state index contributed by atoms with van der Waals surface area (Å²) in [6.07, 6.45) is 6.29. The zero-order valence-electron chi connectivity index (χ0n) is 12.6. The molecule has 1 fully saturated rings. The molecular weight excluding hydrogens is 298 g/mol. The van der Waals surface area contributed by atoms with Crippen LogP contribution in [0, 0.1) is 5.92 Å². The summed E-state index contributed by atoms with van der Waals surface area (Å²) in [5, 5.41) is 7.83. The summed E-state index contributed by atoms with van der Waals surface area (Å²) in [6, 6.07) is 9.68. The summed E-state index contributed by atoms with van der Waals surface area (Å²) in [6.45, 7) is 2.28. The van der Waals surface area contributed by atoms with Crippen molar-refractivity contribution in [2.24, 2.45) is 5.92 Å². The molecule has 0 spiro atoms. The van der Waals surface area contributed by atoms with Crippen LogP contribution in [0.25, 0.3) is 5.69 Å². The Balaban J connectivity index is 1.83. The molecule has 0 saturated heterocycles. The quantitative estimate of drug-likeness (QED) is 0.934. The van der Waals surface area contributed by atoms with Crippen LogP contribution >= 0.6 is 11.6 Å². The molecule has 22 heavy (non-hydrogen) atoms.